The zero-order chi connectivity index (χ0) is 20.6. The number of ketones is 1. The molecule has 1 aromatic carbocycles. The van der Waals surface area contributed by atoms with Gasteiger partial charge in [-0.05, 0) is 55.6 Å². The van der Waals surface area contributed by atoms with Crippen molar-refractivity contribution in [2.45, 2.75) is 32.4 Å². The van der Waals surface area contributed by atoms with Crippen LogP contribution in [-0.2, 0) is 13.1 Å². The van der Waals surface area contributed by atoms with E-state index < -0.39 is 0 Å². The number of Topliss-reactive ketones (excluding diaryl/α,β-unsaturated/α-hetero) is 1. The van der Waals surface area contributed by atoms with Crippen molar-refractivity contribution in [1.29, 1.82) is 0 Å². The highest BCUT2D eigenvalue weighted by molar-refractivity contribution is 5.96. The van der Waals surface area contributed by atoms with Crippen LogP contribution >= 0.6 is 0 Å². The molecule has 1 aliphatic heterocycles. The second-order valence-corrected chi connectivity index (χ2v) is 7.80. The minimum atomic E-state index is 0.0340. The molecule has 1 unspecified atom stereocenters. The maximum Gasteiger partial charge on any atom is 0.185 e. The van der Waals surface area contributed by atoms with E-state index in [0.29, 0.717) is 12.3 Å². The van der Waals surface area contributed by atoms with Crippen molar-refractivity contribution in [1.82, 2.24) is 19.4 Å². The van der Waals surface area contributed by atoms with E-state index in [9.17, 15) is 4.79 Å². The average Bonchev–Trinajstić information content (AvgIpc) is 3.32. The van der Waals surface area contributed by atoms with E-state index in [2.05, 4.69) is 31.6 Å². The van der Waals surface area contributed by atoms with Crippen LogP contribution in [0.2, 0.25) is 0 Å². The van der Waals surface area contributed by atoms with Crippen LogP contribution in [0.25, 0.3) is 0 Å². The van der Waals surface area contributed by atoms with Gasteiger partial charge in [0.1, 0.15) is 11.4 Å². The number of pyridine rings is 1. The van der Waals surface area contributed by atoms with E-state index in [1.54, 1.807) is 12.4 Å². The molecule has 6 heteroatoms. The van der Waals surface area contributed by atoms with Crippen LogP contribution in [0.15, 0.2) is 67.4 Å². The number of ether oxygens (including phenoxy) is 1. The molecule has 30 heavy (non-hydrogen) atoms. The van der Waals surface area contributed by atoms with Crippen LogP contribution in [0, 0.1) is 5.92 Å². The van der Waals surface area contributed by atoms with Gasteiger partial charge >= 0.3 is 0 Å². The van der Waals surface area contributed by atoms with Gasteiger partial charge in [-0.3, -0.25) is 14.7 Å². The predicted octanol–water partition coefficient (Wildman–Crippen LogP) is 3.84. The largest absolute Gasteiger partial charge is 0.494 e. The fourth-order valence-electron chi connectivity index (χ4n) is 3.94. The second-order valence-electron chi connectivity index (χ2n) is 7.80. The number of hydrogen-bond acceptors (Lipinski definition) is 5. The molecular formula is C24H28N4O2. The van der Waals surface area contributed by atoms with Crippen LogP contribution in [0.1, 0.15) is 35.3 Å². The highest BCUT2D eigenvalue weighted by Gasteiger charge is 2.27. The first kappa shape index (κ1) is 20.3. The maximum atomic E-state index is 12.7. The Hall–Kier alpha value is -2.99. The molecule has 4 rings (SSSR count). The van der Waals surface area contributed by atoms with Gasteiger partial charge in [-0.2, -0.15) is 0 Å². The van der Waals surface area contributed by atoms with Gasteiger partial charge in [0.05, 0.1) is 12.9 Å². The van der Waals surface area contributed by atoms with E-state index in [1.807, 2.05) is 42.9 Å². The molecule has 0 spiro atoms. The van der Waals surface area contributed by atoms with Gasteiger partial charge in [0, 0.05) is 44.1 Å². The number of carbonyl (C=O) groups is 1. The lowest BCUT2D eigenvalue weighted by Crippen LogP contribution is -2.38. The lowest BCUT2D eigenvalue weighted by molar-refractivity contribution is 0.0806. The van der Waals surface area contributed by atoms with Crippen molar-refractivity contribution < 1.29 is 9.53 Å². The van der Waals surface area contributed by atoms with Crippen molar-refractivity contribution >= 4 is 5.78 Å². The Morgan fingerprint density at radius 2 is 2.03 bits per heavy atom. The molecule has 0 amide bonds. The highest BCUT2D eigenvalue weighted by Crippen LogP contribution is 2.22. The molecule has 3 heterocycles. The number of benzene rings is 1. The molecule has 1 fully saturated rings. The molecule has 1 atom stereocenters. The summed E-state index contributed by atoms with van der Waals surface area (Å²) in [5.74, 6) is 1.10. The first-order valence-electron chi connectivity index (χ1n) is 10.6. The van der Waals surface area contributed by atoms with Gasteiger partial charge in [-0.25, -0.2) is 4.98 Å². The fourth-order valence-corrected chi connectivity index (χ4v) is 3.94. The Bertz CT molecular complexity index is 910. The summed E-state index contributed by atoms with van der Waals surface area (Å²) in [5.41, 5.74) is 1.82. The minimum Gasteiger partial charge on any atom is -0.494 e. The van der Waals surface area contributed by atoms with Crippen molar-refractivity contribution in [3.63, 3.8) is 0 Å². The molecule has 3 aromatic rings. The van der Waals surface area contributed by atoms with Gasteiger partial charge in [0.2, 0.25) is 0 Å². The SMILES string of the molecule is O=C(c1ccccn1)C1CCCN(Cc2ccc(OCCCn3ccnc3)cc2)C1. The summed E-state index contributed by atoms with van der Waals surface area (Å²) in [6.45, 7) is 4.26. The Morgan fingerprint density at radius 1 is 1.13 bits per heavy atom. The molecule has 6 nitrogen and oxygen atoms in total. The van der Waals surface area contributed by atoms with E-state index in [-0.39, 0.29) is 11.7 Å². The fraction of sp³-hybridized carbons (Fsp3) is 0.375. The Balaban J connectivity index is 1.24. The quantitative estimate of drug-likeness (QED) is 0.401. The maximum absolute atomic E-state index is 12.7. The third-order valence-corrected chi connectivity index (χ3v) is 5.51. The first-order valence-corrected chi connectivity index (χ1v) is 10.6. The summed E-state index contributed by atoms with van der Waals surface area (Å²) in [7, 11) is 0. The molecule has 2 aromatic heterocycles. The summed E-state index contributed by atoms with van der Waals surface area (Å²) in [5, 5.41) is 0. The second kappa shape index (κ2) is 10.2. The van der Waals surface area contributed by atoms with Gasteiger partial charge < -0.3 is 9.30 Å². The van der Waals surface area contributed by atoms with Gasteiger partial charge in [0.25, 0.3) is 0 Å². The molecular weight excluding hydrogens is 376 g/mol. The third kappa shape index (κ3) is 5.54. The number of hydrogen-bond donors (Lipinski definition) is 0. The predicted molar refractivity (Wildman–Crippen MR) is 115 cm³/mol. The minimum absolute atomic E-state index is 0.0340. The third-order valence-electron chi connectivity index (χ3n) is 5.51. The van der Waals surface area contributed by atoms with Crippen LogP contribution < -0.4 is 4.74 Å². The summed E-state index contributed by atoms with van der Waals surface area (Å²) in [4.78, 5) is 23.4. The van der Waals surface area contributed by atoms with Crippen molar-refractivity contribution in [3.05, 3.63) is 78.6 Å². The lowest BCUT2D eigenvalue weighted by Gasteiger charge is -2.31. The van der Waals surface area contributed by atoms with Crippen molar-refractivity contribution in [2.75, 3.05) is 19.7 Å². The van der Waals surface area contributed by atoms with Gasteiger partial charge in [-0.1, -0.05) is 18.2 Å². The lowest BCUT2D eigenvalue weighted by atomic mass is 9.91. The molecule has 0 bridgehead atoms. The van der Waals surface area contributed by atoms with Crippen LogP contribution in [0.4, 0.5) is 0 Å². The van der Waals surface area contributed by atoms with Crippen LogP contribution in [0.5, 0.6) is 5.75 Å². The number of aryl methyl sites for hydroxylation is 1. The molecule has 0 saturated carbocycles. The molecule has 0 N–H and O–H groups in total. The number of carbonyl (C=O) groups excluding carboxylic acids is 1. The summed E-state index contributed by atoms with van der Waals surface area (Å²) >= 11 is 0. The number of rotatable bonds is 9. The molecule has 1 aliphatic rings. The van der Waals surface area contributed by atoms with Gasteiger partial charge in [-0.15, -0.1) is 0 Å². The number of likely N-dealkylation sites (tertiary alicyclic amines) is 1. The number of imidazole rings is 1. The Morgan fingerprint density at radius 3 is 2.80 bits per heavy atom. The highest BCUT2D eigenvalue weighted by atomic mass is 16.5. The summed E-state index contributed by atoms with van der Waals surface area (Å²) < 4.78 is 7.90. The standard InChI is InChI=1S/C24H28N4O2/c29-24(23-6-1-2-11-26-23)21-5-3-13-28(18-21)17-20-7-9-22(10-8-20)30-16-4-14-27-15-12-25-19-27/h1-2,6-12,15,19,21H,3-5,13-14,16-18H2. The zero-order valence-electron chi connectivity index (χ0n) is 17.2. The monoisotopic (exact) mass is 404 g/mol. The average molecular weight is 405 g/mol. The number of aromatic nitrogens is 3. The zero-order valence-corrected chi connectivity index (χ0v) is 17.2. The normalized spacial score (nSPS) is 17.0. The first-order chi connectivity index (χ1) is 14.8. The number of piperidine rings is 1. The van der Waals surface area contributed by atoms with E-state index in [1.165, 1.54) is 5.56 Å². The Kier molecular flexibility index (Phi) is 6.87. The summed E-state index contributed by atoms with van der Waals surface area (Å²) in [6.07, 6.45) is 10.2. The summed E-state index contributed by atoms with van der Waals surface area (Å²) in [6, 6.07) is 13.8. The van der Waals surface area contributed by atoms with Crippen LogP contribution in [0.3, 0.4) is 0 Å². The van der Waals surface area contributed by atoms with E-state index in [0.717, 1.165) is 51.2 Å². The smallest absolute Gasteiger partial charge is 0.185 e. The topological polar surface area (TPSA) is 60.3 Å². The molecule has 0 aliphatic carbocycles. The van der Waals surface area contributed by atoms with Crippen LogP contribution in [-0.4, -0.2) is 44.9 Å². The van der Waals surface area contributed by atoms with Gasteiger partial charge in [0.15, 0.2) is 5.78 Å². The molecule has 1 saturated heterocycles. The Labute approximate surface area is 177 Å². The molecule has 0 radical (unpaired) electrons. The van der Waals surface area contributed by atoms with Crippen molar-refractivity contribution in [3.8, 4) is 5.75 Å². The van der Waals surface area contributed by atoms with E-state index >= 15 is 0 Å². The van der Waals surface area contributed by atoms with Crippen molar-refractivity contribution in [2.24, 2.45) is 5.92 Å². The number of nitrogens with zero attached hydrogens (tertiary/aromatic N) is 4. The van der Waals surface area contributed by atoms with E-state index in [4.69, 9.17) is 4.74 Å². The molecule has 156 valence electrons.